The molecule has 0 amide bonds. The van der Waals surface area contributed by atoms with Crippen molar-refractivity contribution in [2.45, 2.75) is 26.1 Å². The van der Waals surface area contributed by atoms with Gasteiger partial charge in [0.1, 0.15) is 23.8 Å². The predicted octanol–water partition coefficient (Wildman–Crippen LogP) is 4.87. The van der Waals surface area contributed by atoms with Crippen molar-refractivity contribution < 1.29 is 32.3 Å². The maximum atomic E-state index is 12.8. The van der Waals surface area contributed by atoms with Gasteiger partial charge in [-0.05, 0) is 47.9 Å². The maximum Gasteiger partial charge on any atom is 0.416 e. The highest BCUT2D eigenvalue weighted by Gasteiger charge is 2.30. The molecule has 0 aliphatic rings. The first-order chi connectivity index (χ1) is 13.2. The van der Waals surface area contributed by atoms with Crippen LogP contribution in [0.25, 0.3) is 11.1 Å². The second-order valence-corrected chi connectivity index (χ2v) is 6.23. The summed E-state index contributed by atoms with van der Waals surface area (Å²) in [6, 6.07) is 11.2. The third-order valence-electron chi connectivity index (χ3n) is 3.93. The maximum absolute atomic E-state index is 12.8. The fourth-order valence-corrected chi connectivity index (χ4v) is 2.68. The van der Waals surface area contributed by atoms with Crippen molar-refractivity contribution in [3.8, 4) is 16.9 Å². The molecule has 0 atom stereocenters. The number of aromatic nitrogens is 1. The van der Waals surface area contributed by atoms with Crippen molar-refractivity contribution in [1.29, 1.82) is 0 Å². The number of carboxylic acids is 1. The van der Waals surface area contributed by atoms with Crippen LogP contribution in [0.1, 0.15) is 22.6 Å². The van der Waals surface area contributed by atoms with E-state index in [9.17, 15) is 18.0 Å². The van der Waals surface area contributed by atoms with E-state index in [1.54, 1.807) is 31.2 Å². The summed E-state index contributed by atoms with van der Waals surface area (Å²) in [6.45, 7) is 1.85. The lowest BCUT2D eigenvalue weighted by Gasteiger charge is -2.11. The summed E-state index contributed by atoms with van der Waals surface area (Å²) in [4.78, 5) is 11.1. The molecule has 0 saturated carbocycles. The van der Waals surface area contributed by atoms with Gasteiger partial charge in [0.25, 0.3) is 0 Å². The molecule has 0 spiro atoms. The molecular weight excluding hydrogens is 375 g/mol. The smallest absolute Gasteiger partial charge is 0.416 e. The monoisotopic (exact) mass is 391 g/mol. The van der Waals surface area contributed by atoms with Gasteiger partial charge in [-0.1, -0.05) is 23.4 Å². The van der Waals surface area contributed by atoms with Gasteiger partial charge in [-0.3, -0.25) is 4.79 Å². The number of nitrogens with zero attached hydrogens (tertiary/aromatic N) is 1. The fraction of sp³-hybridized carbons (Fsp3) is 0.200. The lowest BCUT2D eigenvalue weighted by Crippen LogP contribution is -2.04. The molecule has 146 valence electrons. The molecule has 3 aromatic rings. The Balaban J connectivity index is 1.89. The highest BCUT2D eigenvalue weighted by atomic mass is 19.4. The Morgan fingerprint density at radius 3 is 2.39 bits per heavy atom. The SMILES string of the molecule is Cc1cc(COc2cc(CC(=O)O)cc(-c3ccc(C(F)(F)F)cc3)c2)no1. The number of hydrogen-bond acceptors (Lipinski definition) is 4. The largest absolute Gasteiger partial charge is 0.487 e. The van der Waals surface area contributed by atoms with Gasteiger partial charge in [0.15, 0.2) is 0 Å². The Labute approximate surface area is 158 Å². The van der Waals surface area contributed by atoms with Crippen LogP contribution in [0.3, 0.4) is 0 Å². The van der Waals surface area contributed by atoms with Gasteiger partial charge >= 0.3 is 12.1 Å². The first-order valence-electron chi connectivity index (χ1n) is 8.29. The number of alkyl halides is 3. The van der Waals surface area contributed by atoms with E-state index in [1.807, 2.05) is 0 Å². The number of carboxylic acid groups (broad SMARTS) is 1. The first kappa shape index (κ1) is 19.5. The minimum atomic E-state index is -4.42. The summed E-state index contributed by atoms with van der Waals surface area (Å²) >= 11 is 0. The number of rotatable bonds is 6. The molecule has 1 aromatic heterocycles. The minimum absolute atomic E-state index is 0.111. The average molecular weight is 391 g/mol. The zero-order chi connectivity index (χ0) is 20.3. The number of ether oxygens (including phenoxy) is 1. The second kappa shape index (κ2) is 7.75. The molecule has 3 rings (SSSR count). The Morgan fingerprint density at radius 2 is 1.82 bits per heavy atom. The molecular formula is C20H16F3NO4. The number of carbonyl (C=O) groups is 1. The molecule has 1 N–H and O–H groups in total. The van der Waals surface area contributed by atoms with Crippen molar-refractivity contribution in [2.75, 3.05) is 0 Å². The zero-order valence-corrected chi connectivity index (χ0v) is 14.8. The van der Waals surface area contributed by atoms with Crippen LogP contribution < -0.4 is 4.74 Å². The lowest BCUT2D eigenvalue weighted by atomic mass is 10.00. The third-order valence-corrected chi connectivity index (χ3v) is 3.93. The van der Waals surface area contributed by atoms with Gasteiger partial charge in [-0.15, -0.1) is 0 Å². The topological polar surface area (TPSA) is 72.6 Å². The minimum Gasteiger partial charge on any atom is -0.487 e. The third kappa shape index (κ3) is 4.91. The molecule has 0 unspecified atom stereocenters. The van der Waals surface area contributed by atoms with Crippen LogP contribution in [0.5, 0.6) is 5.75 Å². The fourth-order valence-electron chi connectivity index (χ4n) is 2.68. The van der Waals surface area contributed by atoms with Crippen molar-refractivity contribution in [2.24, 2.45) is 0 Å². The summed E-state index contributed by atoms with van der Waals surface area (Å²) in [5, 5.41) is 12.9. The van der Waals surface area contributed by atoms with Crippen molar-refractivity contribution in [1.82, 2.24) is 5.16 Å². The summed E-state index contributed by atoms with van der Waals surface area (Å²) in [5.41, 5.74) is 1.35. The number of aryl methyl sites for hydroxylation is 1. The summed E-state index contributed by atoms with van der Waals surface area (Å²) in [7, 11) is 0. The van der Waals surface area contributed by atoms with Crippen molar-refractivity contribution in [3.63, 3.8) is 0 Å². The van der Waals surface area contributed by atoms with Gasteiger partial charge in [0.2, 0.25) is 0 Å². The van der Waals surface area contributed by atoms with Gasteiger partial charge in [0.05, 0.1) is 12.0 Å². The van der Waals surface area contributed by atoms with E-state index in [1.165, 1.54) is 12.1 Å². The van der Waals surface area contributed by atoms with Gasteiger partial charge in [-0.25, -0.2) is 0 Å². The molecule has 0 aliphatic heterocycles. The molecule has 0 bridgehead atoms. The van der Waals surface area contributed by atoms with Crippen LogP contribution >= 0.6 is 0 Å². The molecule has 0 saturated heterocycles. The Bertz CT molecular complexity index is 978. The Hall–Kier alpha value is -3.29. The second-order valence-electron chi connectivity index (χ2n) is 6.23. The molecule has 8 heteroatoms. The molecule has 0 aliphatic carbocycles. The molecule has 5 nitrogen and oxygen atoms in total. The number of hydrogen-bond donors (Lipinski definition) is 1. The van der Waals surface area contributed by atoms with E-state index in [0.29, 0.717) is 33.9 Å². The molecule has 28 heavy (non-hydrogen) atoms. The van der Waals surface area contributed by atoms with E-state index in [-0.39, 0.29) is 13.0 Å². The van der Waals surface area contributed by atoms with Gasteiger partial charge in [-0.2, -0.15) is 13.2 Å². The Kier molecular flexibility index (Phi) is 5.39. The predicted molar refractivity (Wildman–Crippen MR) is 93.8 cm³/mol. The highest BCUT2D eigenvalue weighted by molar-refractivity contribution is 5.73. The van der Waals surface area contributed by atoms with E-state index < -0.39 is 17.7 Å². The van der Waals surface area contributed by atoms with Gasteiger partial charge in [0, 0.05) is 6.07 Å². The van der Waals surface area contributed by atoms with Crippen LogP contribution in [0.15, 0.2) is 53.1 Å². The number of benzene rings is 2. The van der Waals surface area contributed by atoms with E-state index >= 15 is 0 Å². The number of halogens is 3. The molecule has 2 aromatic carbocycles. The van der Waals surface area contributed by atoms with Crippen molar-refractivity contribution >= 4 is 5.97 Å². The summed E-state index contributed by atoms with van der Waals surface area (Å²) < 4.78 is 48.9. The molecule has 0 fully saturated rings. The van der Waals surface area contributed by atoms with Crippen LogP contribution in [-0.4, -0.2) is 16.2 Å². The summed E-state index contributed by atoms with van der Waals surface area (Å²) in [6.07, 6.45) is -4.67. The van der Waals surface area contributed by atoms with Crippen molar-refractivity contribution in [3.05, 3.63) is 71.1 Å². The van der Waals surface area contributed by atoms with E-state index in [0.717, 1.165) is 12.1 Å². The van der Waals surface area contributed by atoms with Crippen LogP contribution in [0.4, 0.5) is 13.2 Å². The van der Waals surface area contributed by atoms with E-state index in [4.69, 9.17) is 14.4 Å². The average Bonchev–Trinajstić information content (AvgIpc) is 3.04. The lowest BCUT2D eigenvalue weighted by molar-refractivity contribution is -0.138. The quantitative estimate of drug-likeness (QED) is 0.649. The summed E-state index contributed by atoms with van der Waals surface area (Å²) in [5.74, 6) is -0.0133. The molecule has 0 radical (unpaired) electrons. The van der Waals surface area contributed by atoms with Crippen LogP contribution in [-0.2, 0) is 24.0 Å². The van der Waals surface area contributed by atoms with E-state index in [2.05, 4.69) is 5.16 Å². The molecule has 1 heterocycles. The standard InChI is InChI=1S/C20H16F3NO4/c1-12-6-17(24-28-12)11-27-18-8-13(9-19(25)26)7-15(10-18)14-2-4-16(5-3-14)20(21,22)23/h2-8,10H,9,11H2,1H3,(H,25,26). The van der Waals surface area contributed by atoms with Gasteiger partial charge < -0.3 is 14.4 Å². The Morgan fingerprint density at radius 1 is 1.11 bits per heavy atom. The zero-order valence-electron chi connectivity index (χ0n) is 14.8. The number of aliphatic carboxylic acids is 1. The van der Waals surface area contributed by atoms with Crippen LogP contribution in [0, 0.1) is 6.92 Å². The first-order valence-corrected chi connectivity index (χ1v) is 8.29. The highest BCUT2D eigenvalue weighted by Crippen LogP contribution is 2.32. The normalized spacial score (nSPS) is 11.4. The van der Waals surface area contributed by atoms with Crippen LogP contribution in [0.2, 0.25) is 0 Å².